The van der Waals surface area contributed by atoms with Crippen molar-refractivity contribution < 1.29 is 18.7 Å². The van der Waals surface area contributed by atoms with Gasteiger partial charge in [-0.1, -0.05) is 13.0 Å². The molecule has 2 rings (SSSR count). The fourth-order valence-electron chi connectivity index (χ4n) is 2.01. The van der Waals surface area contributed by atoms with Crippen molar-refractivity contribution in [2.24, 2.45) is 5.92 Å². The lowest BCUT2D eigenvalue weighted by molar-refractivity contribution is -0.144. The van der Waals surface area contributed by atoms with Crippen LogP contribution in [0.3, 0.4) is 0 Å². The Morgan fingerprint density at radius 2 is 2.24 bits per heavy atom. The van der Waals surface area contributed by atoms with Gasteiger partial charge < -0.3 is 10.1 Å². The van der Waals surface area contributed by atoms with Gasteiger partial charge in [0.25, 0.3) is 0 Å². The number of nitrogens with one attached hydrogen (secondary N) is 1. The van der Waals surface area contributed by atoms with Gasteiger partial charge >= 0.3 is 5.97 Å². The van der Waals surface area contributed by atoms with E-state index in [1.165, 1.54) is 30.0 Å². The van der Waals surface area contributed by atoms with Crippen LogP contribution in [0.2, 0.25) is 0 Å². The van der Waals surface area contributed by atoms with E-state index in [0.29, 0.717) is 11.3 Å². The Morgan fingerprint density at radius 3 is 2.84 bits per heavy atom. The third-order valence-corrected chi connectivity index (χ3v) is 3.79. The number of carbonyl (C=O) groups excluding carboxylic acids is 2. The molecule has 25 heavy (non-hydrogen) atoms. The third kappa shape index (κ3) is 5.25. The van der Waals surface area contributed by atoms with E-state index in [0.717, 1.165) is 4.47 Å². The van der Waals surface area contributed by atoms with Crippen molar-refractivity contribution in [2.75, 3.05) is 13.7 Å². The van der Waals surface area contributed by atoms with Crippen molar-refractivity contribution >= 4 is 33.9 Å². The summed E-state index contributed by atoms with van der Waals surface area (Å²) in [6.07, 6.45) is 5.98. The molecule has 1 heterocycles. The monoisotopic (exact) mass is 409 g/mol. The van der Waals surface area contributed by atoms with E-state index in [2.05, 4.69) is 31.1 Å². The summed E-state index contributed by atoms with van der Waals surface area (Å²) in [5, 5.41) is 6.61. The minimum absolute atomic E-state index is 0.164. The van der Waals surface area contributed by atoms with E-state index in [-0.39, 0.29) is 12.5 Å². The molecule has 1 atom stereocenters. The van der Waals surface area contributed by atoms with Gasteiger partial charge in [-0.2, -0.15) is 5.10 Å². The molecule has 1 aromatic carbocycles. The van der Waals surface area contributed by atoms with Gasteiger partial charge in [-0.25, -0.2) is 9.07 Å². The van der Waals surface area contributed by atoms with Crippen LogP contribution in [0.5, 0.6) is 0 Å². The second-order valence-electron chi connectivity index (χ2n) is 5.32. The summed E-state index contributed by atoms with van der Waals surface area (Å²) in [6.45, 7) is 1.81. The molecule has 2 aromatic rings. The molecule has 0 aliphatic rings. The van der Waals surface area contributed by atoms with Gasteiger partial charge in [0.05, 0.1) is 23.7 Å². The Kier molecular flexibility index (Phi) is 6.46. The first-order chi connectivity index (χ1) is 11.9. The number of carbonyl (C=O) groups is 2. The van der Waals surface area contributed by atoms with Crippen LogP contribution in [0, 0.1) is 11.7 Å². The second-order valence-corrected chi connectivity index (χ2v) is 6.23. The number of benzene rings is 1. The number of nitrogens with zero attached hydrogens (tertiary/aromatic N) is 2. The Labute approximate surface area is 152 Å². The summed E-state index contributed by atoms with van der Waals surface area (Å²) in [6, 6.07) is 4.56. The molecule has 1 amide bonds. The lowest BCUT2D eigenvalue weighted by atomic mass is 10.1. The van der Waals surface area contributed by atoms with Crippen LogP contribution in [0.25, 0.3) is 11.8 Å². The zero-order valence-corrected chi connectivity index (χ0v) is 15.3. The standard InChI is InChI=1S/C17H17BrFN3O3/c1-11(17(24)25-2)8-20-16(23)6-4-12-3-5-15(14(19)7-12)22-10-13(18)9-21-22/h3-7,9-11H,8H2,1-2H3,(H,20,23)/b6-4+. The number of amides is 1. The summed E-state index contributed by atoms with van der Waals surface area (Å²) >= 11 is 3.26. The molecule has 1 aromatic heterocycles. The first kappa shape index (κ1) is 18.9. The molecule has 0 aliphatic heterocycles. The maximum atomic E-state index is 14.2. The minimum Gasteiger partial charge on any atom is -0.469 e. The summed E-state index contributed by atoms with van der Waals surface area (Å²) in [5.74, 6) is -1.67. The fraction of sp³-hybridized carbons (Fsp3) is 0.235. The Balaban J connectivity index is 1.98. The molecule has 0 fully saturated rings. The van der Waals surface area contributed by atoms with Gasteiger partial charge in [-0.3, -0.25) is 9.59 Å². The van der Waals surface area contributed by atoms with E-state index in [1.54, 1.807) is 31.5 Å². The second kappa shape index (κ2) is 8.57. The maximum absolute atomic E-state index is 14.2. The molecule has 8 heteroatoms. The van der Waals surface area contributed by atoms with Crippen molar-refractivity contribution in [3.8, 4) is 5.69 Å². The molecule has 1 N–H and O–H groups in total. The topological polar surface area (TPSA) is 73.2 Å². The van der Waals surface area contributed by atoms with Crippen molar-refractivity contribution in [3.05, 3.63) is 52.5 Å². The molecule has 0 radical (unpaired) electrons. The largest absolute Gasteiger partial charge is 0.469 e. The third-order valence-electron chi connectivity index (χ3n) is 3.38. The summed E-state index contributed by atoms with van der Waals surface area (Å²) in [7, 11) is 1.29. The lowest BCUT2D eigenvalue weighted by Crippen LogP contribution is -2.30. The van der Waals surface area contributed by atoms with Gasteiger partial charge in [0, 0.05) is 18.8 Å². The smallest absolute Gasteiger partial charge is 0.310 e. The molecule has 0 spiro atoms. The number of ether oxygens (including phenoxy) is 1. The molecular weight excluding hydrogens is 393 g/mol. The highest BCUT2D eigenvalue weighted by molar-refractivity contribution is 9.10. The maximum Gasteiger partial charge on any atom is 0.310 e. The average molecular weight is 410 g/mol. The average Bonchev–Trinajstić information content (AvgIpc) is 3.03. The highest BCUT2D eigenvalue weighted by Gasteiger charge is 2.13. The van der Waals surface area contributed by atoms with Gasteiger partial charge in [-0.15, -0.1) is 0 Å². The van der Waals surface area contributed by atoms with E-state index >= 15 is 0 Å². The van der Waals surface area contributed by atoms with E-state index in [4.69, 9.17) is 0 Å². The fourth-order valence-corrected chi connectivity index (χ4v) is 2.30. The number of hydrogen-bond donors (Lipinski definition) is 1. The molecule has 0 bridgehead atoms. The lowest BCUT2D eigenvalue weighted by Gasteiger charge is -2.08. The van der Waals surface area contributed by atoms with Crippen LogP contribution in [0.1, 0.15) is 12.5 Å². The highest BCUT2D eigenvalue weighted by Crippen LogP contribution is 2.17. The summed E-state index contributed by atoms with van der Waals surface area (Å²) in [4.78, 5) is 23.0. The first-order valence-electron chi connectivity index (χ1n) is 7.44. The number of esters is 1. The van der Waals surface area contributed by atoms with Crippen LogP contribution >= 0.6 is 15.9 Å². The zero-order valence-electron chi connectivity index (χ0n) is 13.7. The molecule has 132 valence electrons. The van der Waals surface area contributed by atoms with Gasteiger partial charge in [0.15, 0.2) is 0 Å². The Morgan fingerprint density at radius 1 is 1.48 bits per heavy atom. The van der Waals surface area contributed by atoms with Crippen LogP contribution < -0.4 is 5.32 Å². The number of halogens is 2. The normalized spacial score (nSPS) is 12.2. The highest BCUT2D eigenvalue weighted by atomic mass is 79.9. The molecule has 6 nitrogen and oxygen atoms in total. The zero-order chi connectivity index (χ0) is 18.4. The number of methoxy groups -OCH3 is 1. The molecule has 0 saturated carbocycles. The molecule has 0 aliphatic carbocycles. The van der Waals surface area contributed by atoms with Gasteiger partial charge in [0.2, 0.25) is 5.91 Å². The predicted octanol–water partition coefficient (Wildman–Crippen LogP) is 2.71. The van der Waals surface area contributed by atoms with E-state index < -0.39 is 17.7 Å². The summed E-state index contributed by atoms with van der Waals surface area (Å²) < 4.78 is 20.9. The van der Waals surface area contributed by atoms with Crippen LogP contribution in [0.4, 0.5) is 4.39 Å². The molecular formula is C17H17BrFN3O3. The van der Waals surface area contributed by atoms with E-state index in [9.17, 15) is 14.0 Å². The van der Waals surface area contributed by atoms with Crippen molar-refractivity contribution in [1.29, 1.82) is 0 Å². The molecule has 1 unspecified atom stereocenters. The minimum atomic E-state index is -0.461. The van der Waals surface area contributed by atoms with Crippen molar-refractivity contribution in [3.63, 3.8) is 0 Å². The van der Waals surface area contributed by atoms with Gasteiger partial charge in [-0.05, 0) is 39.7 Å². The quantitative estimate of drug-likeness (QED) is 0.587. The van der Waals surface area contributed by atoms with Crippen LogP contribution in [0.15, 0.2) is 41.1 Å². The number of rotatable bonds is 6. The Hall–Kier alpha value is -2.48. The van der Waals surface area contributed by atoms with Crippen LogP contribution in [-0.2, 0) is 14.3 Å². The van der Waals surface area contributed by atoms with Crippen molar-refractivity contribution in [1.82, 2.24) is 15.1 Å². The van der Waals surface area contributed by atoms with Crippen LogP contribution in [-0.4, -0.2) is 35.3 Å². The van der Waals surface area contributed by atoms with E-state index in [1.807, 2.05) is 0 Å². The SMILES string of the molecule is COC(=O)C(C)CNC(=O)/C=C/c1ccc(-n2cc(Br)cn2)c(F)c1. The Bertz CT molecular complexity index is 804. The predicted molar refractivity (Wildman–Crippen MR) is 94.4 cm³/mol. The summed E-state index contributed by atoms with van der Waals surface area (Å²) in [5.41, 5.74) is 0.836. The van der Waals surface area contributed by atoms with Crippen molar-refractivity contribution in [2.45, 2.75) is 6.92 Å². The van der Waals surface area contributed by atoms with Gasteiger partial charge in [0.1, 0.15) is 11.5 Å². The molecule has 0 saturated heterocycles. The first-order valence-corrected chi connectivity index (χ1v) is 8.24. The number of aromatic nitrogens is 2. The number of hydrogen-bond acceptors (Lipinski definition) is 4.